The molecule has 0 bridgehead atoms. The first kappa shape index (κ1) is 13.2. The number of anilines is 1. The van der Waals surface area contributed by atoms with Crippen LogP contribution >= 0.6 is 15.9 Å². The largest absolute Gasteiger partial charge is 0.378 e. The normalized spacial score (nSPS) is 10.9. The van der Waals surface area contributed by atoms with E-state index in [0.717, 1.165) is 10.0 Å². The molecule has 0 aliphatic heterocycles. The lowest BCUT2D eigenvalue weighted by Crippen LogP contribution is -2.01. The van der Waals surface area contributed by atoms with Crippen molar-refractivity contribution in [1.82, 2.24) is 4.57 Å². The van der Waals surface area contributed by atoms with Gasteiger partial charge in [0.25, 0.3) is 0 Å². The maximum atomic E-state index is 13.7. The minimum absolute atomic E-state index is 0.242. The molecule has 0 saturated heterocycles. The van der Waals surface area contributed by atoms with Crippen LogP contribution in [0.1, 0.15) is 5.56 Å². The number of aryl methyl sites for hydroxylation is 1. The molecule has 0 fully saturated rings. The van der Waals surface area contributed by atoms with Crippen molar-refractivity contribution in [3.05, 3.63) is 64.5 Å². The molecule has 3 aromatic rings. The van der Waals surface area contributed by atoms with Gasteiger partial charge in [-0.15, -0.1) is 0 Å². The van der Waals surface area contributed by atoms with E-state index in [1.54, 1.807) is 12.1 Å². The summed E-state index contributed by atoms with van der Waals surface area (Å²) < 4.78 is 16.7. The average Bonchev–Trinajstić information content (AvgIpc) is 2.77. The van der Waals surface area contributed by atoms with Gasteiger partial charge in [0.1, 0.15) is 5.82 Å². The summed E-state index contributed by atoms with van der Waals surface area (Å²) in [6.45, 7) is 0.592. The van der Waals surface area contributed by atoms with Gasteiger partial charge in [0.05, 0.1) is 5.69 Å². The van der Waals surface area contributed by atoms with Gasteiger partial charge >= 0.3 is 0 Å². The maximum Gasteiger partial charge on any atom is 0.146 e. The molecule has 0 atom stereocenters. The Hall–Kier alpha value is -1.81. The smallest absolute Gasteiger partial charge is 0.146 e. The molecule has 0 aliphatic rings. The fourth-order valence-corrected chi connectivity index (χ4v) is 2.75. The zero-order valence-electron chi connectivity index (χ0n) is 11.0. The van der Waals surface area contributed by atoms with E-state index in [-0.39, 0.29) is 5.82 Å². The van der Waals surface area contributed by atoms with Crippen LogP contribution < -0.4 is 5.32 Å². The third kappa shape index (κ3) is 2.43. The number of hydrogen-bond acceptors (Lipinski definition) is 1. The van der Waals surface area contributed by atoms with Crippen LogP contribution in [0.15, 0.2) is 53.1 Å². The van der Waals surface area contributed by atoms with Crippen molar-refractivity contribution < 1.29 is 4.39 Å². The third-order valence-electron chi connectivity index (χ3n) is 3.38. The lowest BCUT2D eigenvalue weighted by atomic mass is 10.2. The van der Waals surface area contributed by atoms with Crippen molar-refractivity contribution >= 4 is 32.5 Å². The van der Waals surface area contributed by atoms with Crippen LogP contribution in [0.5, 0.6) is 0 Å². The zero-order chi connectivity index (χ0) is 14.1. The van der Waals surface area contributed by atoms with Crippen LogP contribution in [0.25, 0.3) is 10.9 Å². The molecule has 1 aromatic heterocycles. The first-order chi connectivity index (χ1) is 9.65. The molecule has 2 aromatic carbocycles. The van der Waals surface area contributed by atoms with E-state index in [2.05, 4.69) is 44.1 Å². The van der Waals surface area contributed by atoms with Gasteiger partial charge in [-0.3, -0.25) is 0 Å². The number of hydrogen-bond donors (Lipinski definition) is 1. The van der Waals surface area contributed by atoms with E-state index >= 15 is 0 Å². The number of nitrogens with zero attached hydrogens (tertiary/aromatic N) is 1. The molecule has 0 unspecified atom stereocenters. The first-order valence-corrected chi connectivity index (χ1v) is 7.16. The van der Waals surface area contributed by atoms with E-state index in [9.17, 15) is 4.39 Å². The average molecular weight is 333 g/mol. The molecule has 0 radical (unpaired) electrons. The number of aromatic nitrogens is 1. The maximum absolute atomic E-state index is 13.7. The summed E-state index contributed by atoms with van der Waals surface area (Å²) in [5.41, 5.74) is 2.84. The molecule has 2 nitrogen and oxygen atoms in total. The summed E-state index contributed by atoms with van der Waals surface area (Å²) in [6, 6.07) is 13.1. The summed E-state index contributed by atoms with van der Waals surface area (Å²) in [7, 11) is 2.02. The topological polar surface area (TPSA) is 17.0 Å². The van der Waals surface area contributed by atoms with Crippen molar-refractivity contribution in [3.63, 3.8) is 0 Å². The van der Waals surface area contributed by atoms with Gasteiger partial charge in [-0.1, -0.05) is 34.1 Å². The van der Waals surface area contributed by atoms with Crippen LogP contribution in [0.2, 0.25) is 0 Å². The number of benzene rings is 2. The highest BCUT2D eigenvalue weighted by Gasteiger charge is 2.07. The standard InChI is InChI=1S/C16H14BrFN2/c1-20-10-11(13-4-2-3-5-16(13)20)9-19-15-8-12(17)6-7-14(15)18/h2-8,10,19H,9H2,1H3. The van der Waals surface area contributed by atoms with Gasteiger partial charge in [0.2, 0.25) is 0 Å². The lowest BCUT2D eigenvalue weighted by molar-refractivity contribution is 0.630. The zero-order valence-corrected chi connectivity index (χ0v) is 12.6. The van der Waals surface area contributed by atoms with Gasteiger partial charge in [-0.25, -0.2) is 4.39 Å². The molecule has 0 aliphatic carbocycles. The Labute approximate surface area is 125 Å². The van der Waals surface area contributed by atoms with Crippen molar-refractivity contribution in [1.29, 1.82) is 0 Å². The van der Waals surface area contributed by atoms with Crippen molar-refractivity contribution in [3.8, 4) is 0 Å². The lowest BCUT2D eigenvalue weighted by Gasteiger charge is -2.07. The van der Waals surface area contributed by atoms with Gasteiger partial charge in [0, 0.05) is 35.2 Å². The first-order valence-electron chi connectivity index (χ1n) is 6.37. The van der Waals surface area contributed by atoms with Gasteiger partial charge in [-0.2, -0.15) is 0 Å². The fraction of sp³-hybridized carbons (Fsp3) is 0.125. The molecule has 4 heteroatoms. The third-order valence-corrected chi connectivity index (χ3v) is 3.87. The van der Waals surface area contributed by atoms with Gasteiger partial charge in [0.15, 0.2) is 0 Å². The molecular formula is C16H14BrFN2. The van der Waals surface area contributed by atoms with Crippen LogP contribution in [0.3, 0.4) is 0 Å². The van der Waals surface area contributed by atoms with E-state index in [4.69, 9.17) is 0 Å². The Balaban J connectivity index is 1.89. The Morgan fingerprint density at radius 2 is 2.00 bits per heavy atom. The van der Waals surface area contributed by atoms with Crippen LogP contribution in [0, 0.1) is 5.82 Å². The molecular weight excluding hydrogens is 319 g/mol. The highest BCUT2D eigenvalue weighted by atomic mass is 79.9. The van der Waals surface area contributed by atoms with E-state index in [1.165, 1.54) is 17.0 Å². The van der Waals surface area contributed by atoms with Crippen molar-refractivity contribution in [2.75, 3.05) is 5.32 Å². The predicted molar refractivity (Wildman–Crippen MR) is 84.3 cm³/mol. The molecule has 0 spiro atoms. The molecule has 102 valence electrons. The molecule has 20 heavy (non-hydrogen) atoms. The monoisotopic (exact) mass is 332 g/mol. The summed E-state index contributed by atoms with van der Waals surface area (Å²) in [4.78, 5) is 0. The minimum Gasteiger partial charge on any atom is -0.378 e. The minimum atomic E-state index is -0.242. The molecule has 1 heterocycles. The van der Waals surface area contributed by atoms with Crippen LogP contribution in [-0.2, 0) is 13.6 Å². The Kier molecular flexibility index (Phi) is 3.49. The number of nitrogens with one attached hydrogen (secondary N) is 1. The van der Waals surface area contributed by atoms with Gasteiger partial charge < -0.3 is 9.88 Å². The van der Waals surface area contributed by atoms with E-state index < -0.39 is 0 Å². The second-order valence-corrected chi connectivity index (χ2v) is 5.68. The summed E-state index contributed by atoms with van der Waals surface area (Å²) in [5, 5.41) is 4.35. The Bertz CT molecular complexity index is 764. The SMILES string of the molecule is Cn1cc(CNc2cc(Br)ccc2F)c2ccccc21. The highest BCUT2D eigenvalue weighted by molar-refractivity contribution is 9.10. The number of halogens is 2. The molecule has 0 saturated carbocycles. The van der Waals surface area contributed by atoms with Crippen molar-refractivity contribution in [2.45, 2.75) is 6.54 Å². The quantitative estimate of drug-likeness (QED) is 0.736. The second-order valence-electron chi connectivity index (χ2n) is 4.76. The Morgan fingerprint density at radius 3 is 2.85 bits per heavy atom. The second kappa shape index (κ2) is 5.29. The molecule has 3 rings (SSSR count). The Morgan fingerprint density at radius 1 is 1.20 bits per heavy atom. The van der Waals surface area contributed by atoms with E-state index in [0.29, 0.717) is 12.2 Å². The van der Waals surface area contributed by atoms with E-state index in [1.807, 2.05) is 19.2 Å². The number of rotatable bonds is 3. The molecule has 1 N–H and O–H groups in total. The van der Waals surface area contributed by atoms with Crippen LogP contribution in [0.4, 0.5) is 10.1 Å². The van der Waals surface area contributed by atoms with Crippen molar-refractivity contribution in [2.24, 2.45) is 7.05 Å². The summed E-state index contributed by atoms with van der Waals surface area (Å²) >= 11 is 3.36. The summed E-state index contributed by atoms with van der Waals surface area (Å²) in [5.74, 6) is -0.242. The number of fused-ring (bicyclic) bond motifs is 1. The predicted octanol–water partition coefficient (Wildman–Crippen LogP) is 4.69. The van der Waals surface area contributed by atoms with Crippen LogP contribution in [-0.4, -0.2) is 4.57 Å². The molecule has 0 amide bonds. The van der Waals surface area contributed by atoms with Gasteiger partial charge in [-0.05, 0) is 29.8 Å². The number of para-hydroxylation sites is 1. The summed E-state index contributed by atoms with van der Waals surface area (Å²) in [6.07, 6.45) is 2.08. The highest BCUT2D eigenvalue weighted by Crippen LogP contribution is 2.24. The fourth-order valence-electron chi connectivity index (χ4n) is 2.39.